The Morgan fingerprint density at radius 1 is 1.15 bits per heavy atom. The molecule has 27 heavy (non-hydrogen) atoms. The van der Waals surface area contributed by atoms with E-state index in [1.807, 2.05) is 41.8 Å². The second-order valence-corrected chi connectivity index (χ2v) is 6.33. The lowest BCUT2D eigenvalue weighted by Gasteiger charge is -2.10. The van der Waals surface area contributed by atoms with E-state index in [9.17, 15) is 20.0 Å². The molecule has 0 atom stereocenters. The molecule has 0 aliphatic heterocycles. The molecule has 7 heteroatoms. The third kappa shape index (κ3) is 3.27. The number of nitrogens with two attached hydrogens (primary N) is 1. The fourth-order valence-corrected chi connectivity index (χ4v) is 3.36. The van der Waals surface area contributed by atoms with Gasteiger partial charge < -0.3 is 15.4 Å². The van der Waals surface area contributed by atoms with Crippen molar-refractivity contribution in [1.29, 1.82) is 0 Å². The van der Waals surface area contributed by atoms with Gasteiger partial charge >= 0.3 is 5.97 Å². The molecule has 0 saturated carbocycles. The van der Waals surface area contributed by atoms with E-state index < -0.39 is 10.9 Å². The largest absolute Gasteiger partial charge is 0.478 e. The van der Waals surface area contributed by atoms with Crippen LogP contribution in [0, 0.1) is 24.0 Å². The van der Waals surface area contributed by atoms with Crippen LogP contribution in [0.15, 0.2) is 48.5 Å². The Balaban J connectivity index is 2.21. The van der Waals surface area contributed by atoms with E-state index in [1.54, 1.807) is 13.0 Å². The number of anilines is 1. The van der Waals surface area contributed by atoms with E-state index >= 15 is 0 Å². The summed E-state index contributed by atoms with van der Waals surface area (Å²) in [7, 11) is 0. The van der Waals surface area contributed by atoms with E-state index in [1.165, 1.54) is 12.1 Å². The molecule has 0 fully saturated rings. The van der Waals surface area contributed by atoms with Crippen LogP contribution in [0.25, 0.3) is 11.1 Å². The zero-order valence-electron chi connectivity index (χ0n) is 15.0. The summed E-state index contributed by atoms with van der Waals surface area (Å²) in [4.78, 5) is 22.6. The highest BCUT2D eigenvalue weighted by molar-refractivity contribution is 5.99. The molecule has 0 aliphatic rings. The topological polar surface area (TPSA) is 111 Å². The van der Waals surface area contributed by atoms with Gasteiger partial charge in [0.1, 0.15) is 5.69 Å². The molecule has 3 N–H and O–H groups in total. The van der Waals surface area contributed by atoms with Gasteiger partial charge in [-0.05, 0) is 31.0 Å². The zero-order valence-corrected chi connectivity index (χ0v) is 15.0. The van der Waals surface area contributed by atoms with Crippen molar-refractivity contribution in [1.82, 2.24) is 4.57 Å². The molecule has 0 radical (unpaired) electrons. The number of carboxylic acids is 1. The number of rotatable bonds is 5. The minimum absolute atomic E-state index is 0.0405. The molecule has 7 nitrogen and oxygen atoms in total. The summed E-state index contributed by atoms with van der Waals surface area (Å²) in [5.74, 6) is -1.07. The maximum absolute atomic E-state index is 11.9. The molecule has 3 aromatic rings. The van der Waals surface area contributed by atoms with Crippen molar-refractivity contribution in [3.63, 3.8) is 0 Å². The summed E-state index contributed by atoms with van der Waals surface area (Å²) < 4.78 is 1.91. The van der Waals surface area contributed by atoms with Crippen molar-refractivity contribution in [2.24, 2.45) is 0 Å². The van der Waals surface area contributed by atoms with E-state index in [2.05, 4.69) is 0 Å². The lowest BCUT2D eigenvalue weighted by molar-refractivity contribution is -0.383. The maximum atomic E-state index is 11.9. The van der Waals surface area contributed by atoms with Gasteiger partial charge in [-0.2, -0.15) is 0 Å². The fraction of sp³-hybridized carbons (Fsp3) is 0.150. The number of nitrogens with zero attached hydrogens (tertiary/aromatic N) is 2. The molecule has 0 spiro atoms. The van der Waals surface area contributed by atoms with Gasteiger partial charge in [0, 0.05) is 29.6 Å². The van der Waals surface area contributed by atoms with Crippen LogP contribution >= 0.6 is 0 Å². The second kappa shape index (κ2) is 6.95. The summed E-state index contributed by atoms with van der Waals surface area (Å²) in [6.07, 6.45) is 0. The van der Waals surface area contributed by atoms with Crippen molar-refractivity contribution in [2.45, 2.75) is 20.4 Å². The van der Waals surface area contributed by atoms with Crippen molar-refractivity contribution < 1.29 is 14.8 Å². The first-order valence-electron chi connectivity index (χ1n) is 8.32. The number of nitro benzene ring substituents is 1. The third-order valence-electron chi connectivity index (χ3n) is 4.70. The monoisotopic (exact) mass is 365 g/mol. The highest BCUT2D eigenvalue weighted by atomic mass is 16.6. The van der Waals surface area contributed by atoms with E-state index in [0.29, 0.717) is 23.4 Å². The van der Waals surface area contributed by atoms with Crippen LogP contribution in [0.2, 0.25) is 0 Å². The predicted molar refractivity (Wildman–Crippen MR) is 103 cm³/mol. The molecule has 2 aromatic carbocycles. The maximum Gasteiger partial charge on any atom is 0.338 e. The summed E-state index contributed by atoms with van der Waals surface area (Å²) in [6.45, 7) is 4.07. The molecule has 0 amide bonds. The van der Waals surface area contributed by atoms with Crippen LogP contribution in [0.4, 0.5) is 11.4 Å². The van der Waals surface area contributed by atoms with Crippen LogP contribution in [0.3, 0.4) is 0 Å². The molecule has 3 rings (SSSR count). The standard InChI is InChI=1S/C20H19N3O4/c1-12-18(15-8-9-16(21)17(10-15)23(26)27)19(20(24)25)13(2)22(12)11-14-6-4-3-5-7-14/h3-10H,11,21H2,1-2H3,(H,24,25). The van der Waals surface area contributed by atoms with Gasteiger partial charge in [0.2, 0.25) is 0 Å². The first kappa shape index (κ1) is 18.2. The van der Waals surface area contributed by atoms with Crippen molar-refractivity contribution in [3.05, 3.63) is 81.2 Å². The van der Waals surface area contributed by atoms with Gasteiger partial charge in [-0.3, -0.25) is 10.1 Å². The quantitative estimate of drug-likeness (QED) is 0.403. The average Bonchev–Trinajstić information content (AvgIpc) is 2.87. The molecular formula is C20H19N3O4. The molecule has 0 bridgehead atoms. The summed E-state index contributed by atoms with van der Waals surface area (Å²) in [6, 6.07) is 14.1. The first-order chi connectivity index (χ1) is 12.8. The number of nitrogen functional groups attached to an aromatic ring is 1. The van der Waals surface area contributed by atoms with Gasteiger partial charge in [-0.15, -0.1) is 0 Å². The smallest absolute Gasteiger partial charge is 0.338 e. The van der Waals surface area contributed by atoms with Crippen LogP contribution in [-0.4, -0.2) is 20.6 Å². The van der Waals surface area contributed by atoms with Crippen molar-refractivity contribution in [3.8, 4) is 11.1 Å². The normalized spacial score (nSPS) is 10.7. The lowest BCUT2D eigenvalue weighted by Crippen LogP contribution is -2.05. The molecule has 138 valence electrons. The number of carboxylic acid groups (broad SMARTS) is 1. The Morgan fingerprint density at radius 2 is 1.81 bits per heavy atom. The zero-order chi connectivity index (χ0) is 19.7. The van der Waals surface area contributed by atoms with Crippen LogP contribution in [0.1, 0.15) is 27.3 Å². The summed E-state index contributed by atoms with van der Waals surface area (Å²) >= 11 is 0. The molecule has 1 aromatic heterocycles. The number of nitro groups is 1. The number of aromatic nitrogens is 1. The SMILES string of the molecule is Cc1c(C(=O)O)c(-c2ccc(N)c([N+](=O)[O-])c2)c(C)n1Cc1ccccc1. The van der Waals surface area contributed by atoms with Gasteiger partial charge in [-0.1, -0.05) is 36.4 Å². The van der Waals surface area contributed by atoms with E-state index in [-0.39, 0.29) is 16.9 Å². The number of benzene rings is 2. The number of hydrogen-bond donors (Lipinski definition) is 2. The van der Waals surface area contributed by atoms with Crippen LogP contribution in [0.5, 0.6) is 0 Å². The number of hydrogen-bond acceptors (Lipinski definition) is 4. The van der Waals surface area contributed by atoms with E-state index in [0.717, 1.165) is 11.3 Å². The van der Waals surface area contributed by atoms with E-state index in [4.69, 9.17) is 5.73 Å². The minimum Gasteiger partial charge on any atom is -0.478 e. The molecular weight excluding hydrogens is 346 g/mol. The van der Waals surface area contributed by atoms with Gasteiger partial charge in [-0.25, -0.2) is 4.79 Å². The molecule has 0 unspecified atom stereocenters. The Bertz CT molecular complexity index is 1040. The summed E-state index contributed by atoms with van der Waals surface area (Å²) in [5, 5.41) is 21.0. The highest BCUT2D eigenvalue weighted by Gasteiger charge is 2.25. The summed E-state index contributed by atoms with van der Waals surface area (Å²) in [5.41, 5.74) is 8.91. The van der Waals surface area contributed by atoms with Gasteiger partial charge in [0.15, 0.2) is 0 Å². The molecule has 0 saturated heterocycles. The Hall–Kier alpha value is -3.61. The van der Waals surface area contributed by atoms with Gasteiger partial charge in [0.25, 0.3) is 5.69 Å². The average molecular weight is 365 g/mol. The van der Waals surface area contributed by atoms with Gasteiger partial charge in [0.05, 0.1) is 10.5 Å². The molecule has 0 aliphatic carbocycles. The third-order valence-corrected chi connectivity index (χ3v) is 4.70. The lowest BCUT2D eigenvalue weighted by atomic mass is 9.99. The van der Waals surface area contributed by atoms with Crippen LogP contribution < -0.4 is 5.73 Å². The Morgan fingerprint density at radius 3 is 2.41 bits per heavy atom. The molecule has 1 heterocycles. The number of aromatic carboxylic acids is 1. The van der Waals surface area contributed by atoms with Crippen LogP contribution in [-0.2, 0) is 6.54 Å². The fourth-order valence-electron chi connectivity index (χ4n) is 3.36. The predicted octanol–water partition coefficient (Wildman–Crippen LogP) is 4.01. The number of carbonyl (C=O) groups is 1. The van der Waals surface area contributed by atoms with Crippen molar-refractivity contribution in [2.75, 3.05) is 5.73 Å². The Kier molecular flexibility index (Phi) is 4.68. The highest BCUT2D eigenvalue weighted by Crippen LogP contribution is 2.36. The first-order valence-corrected chi connectivity index (χ1v) is 8.32. The van der Waals surface area contributed by atoms with Crippen molar-refractivity contribution >= 4 is 17.3 Å². The second-order valence-electron chi connectivity index (χ2n) is 6.33. The Labute approximate surface area is 155 Å². The minimum atomic E-state index is -1.07.